The third kappa shape index (κ3) is 5.38. The molecule has 0 aliphatic rings. The van der Waals surface area contributed by atoms with Crippen LogP contribution in [0.2, 0.25) is 0 Å². The third-order valence-corrected chi connectivity index (χ3v) is 6.28. The maximum Gasteiger partial charge on any atom is 0.425 e. The summed E-state index contributed by atoms with van der Waals surface area (Å²) in [5.74, 6) is 0. The zero-order chi connectivity index (χ0) is 19.5. The zero-order valence-corrected chi connectivity index (χ0v) is 17.1. The molecule has 0 spiro atoms. The van der Waals surface area contributed by atoms with Gasteiger partial charge in [0, 0.05) is 35.0 Å². The van der Waals surface area contributed by atoms with Crippen molar-refractivity contribution in [1.82, 2.24) is 20.3 Å². The summed E-state index contributed by atoms with van der Waals surface area (Å²) in [6.07, 6.45) is -3.95. The Morgan fingerprint density at radius 1 is 1.42 bits per heavy atom. The first-order chi connectivity index (χ1) is 12.2. The van der Waals surface area contributed by atoms with E-state index in [9.17, 15) is 23.4 Å². The van der Waals surface area contributed by atoms with Crippen LogP contribution in [0.15, 0.2) is 12.3 Å². The number of thiophene rings is 1. The molecule has 3 atom stereocenters. The van der Waals surface area contributed by atoms with E-state index in [1.165, 1.54) is 4.68 Å². The summed E-state index contributed by atoms with van der Waals surface area (Å²) < 4.78 is 41.6. The monoisotopic (exact) mass is 504 g/mol. The Hall–Kier alpha value is -0.760. The predicted molar refractivity (Wildman–Crippen MR) is 100 cm³/mol. The molecule has 0 aliphatic carbocycles. The minimum atomic E-state index is -4.50. The van der Waals surface area contributed by atoms with Gasteiger partial charge in [-0.2, -0.15) is 13.2 Å². The molecule has 2 heterocycles. The molecule has 0 saturated heterocycles. The van der Waals surface area contributed by atoms with Crippen molar-refractivity contribution in [3.05, 3.63) is 33.3 Å². The molecular formula is C15H20F3IN4O2S. The summed E-state index contributed by atoms with van der Waals surface area (Å²) >= 11 is 2.80. The van der Waals surface area contributed by atoms with Gasteiger partial charge in [0.1, 0.15) is 11.0 Å². The molecule has 0 unspecified atom stereocenters. The van der Waals surface area contributed by atoms with Crippen LogP contribution in [0.25, 0.3) is 0 Å². The van der Waals surface area contributed by atoms with Crippen LogP contribution in [0.4, 0.5) is 13.2 Å². The van der Waals surface area contributed by atoms with Crippen molar-refractivity contribution in [3.63, 3.8) is 0 Å². The number of hydrogen-bond acceptors (Lipinski definition) is 6. The number of nitrogens with one attached hydrogen (secondary N) is 1. The number of hydrogen-bond donors (Lipinski definition) is 3. The Bertz CT molecular complexity index is 722. The fourth-order valence-corrected chi connectivity index (χ4v) is 3.85. The number of halogens is 4. The van der Waals surface area contributed by atoms with Gasteiger partial charge >= 0.3 is 6.18 Å². The molecule has 6 nitrogen and oxygen atoms in total. The van der Waals surface area contributed by atoms with E-state index in [1.807, 2.05) is 6.92 Å². The molecule has 2 aromatic heterocycles. The first kappa shape index (κ1) is 21.5. The van der Waals surface area contributed by atoms with Crippen LogP contribution in [-0.2, 0) is 19.6 Å². The summed E-state index contributed by atoms with van der Waals surface area (Å²) in [6, 6.07) is 0.657. The first-order valence-electron chi connectivity index (χ1n) is 7.82. The Morgan fingerprint density at radius 3 is 2.62 bits per heavy atom. The van der Waals surface area contributed by atoms with Gasteiger partial charge in [0.05, 0.1) is 18.3 Å². The van der Waals surface area contributed by atoms with E-state index in [0.717, 1.165) is 10.5 Å². The standard InChI is InChI=1S/C15H20F3IN4O2S/c1-8(5-19)20-10(11-6-23(2)22-21-11)4-13-9(12(25)7-24)3-14(26-13)15(16,17)18/h3,6,8,10,12,20,24-25H,4-5,7H2,1-2H3/t8-,10-,12+/m0/s1. The van der Waals surface area contributed by atoms with Gasteiger partial charge in [-0.05, 0) is 18.6 Å². The highest BCUT2D eigenvalue weighted by Gasteiger charge is 2.35. The summed E-state index contributed by atoms with van der Waals surface area (Å²) in [5.41, 5.74) is 0.707. The molecule has 0 saturated carbocycles. The molecule has 26 heavy (non-hydrogen) atoms. The SMILES string of the molecule is C[C@@H](CI)N[C@@H](Cc1sc(C(F)(F)F)cc1[C@H](O)CO)c1cn(C)nn1. The first-order valence-corrected chi connectivity index (χ1v) is 10.2. The highest BCUT2D eigenvalue weighted by Crippen LogP contribution is 2.40. The van der Waals surface area contributed by atoms with E-state index in [-0.39, 0.29) is 24.1 Å². The van der Waals surface area contributed by atoms with E-state index in [4.69, 9.17) is 0 Å². The lowest BCUT2D eigenvalue weighted by Crippen LogP contribution is -2.33. The highest BCUT2D eigenvalue weighted by atomic mass is 127. The molecule has 0 fully saturated rings. The Balaban J connectivity index is 2.38. The van der Waals surface area contributed by atoms with Crippen LogP contribution in [0.5, 0.6) is 0 Å². The van der Waals surface area contributed by atoms with Crippen molar-refractivity contribution in [2.75, 3.05) is 11.0 Å². The lowest BCUT2D eigenvalue weighted by atomic mass is 10.0. The molecule has 0 amide bonds. The highest BCUT2D eigenvalue weighted by molar-refractivity contribution is 14.1. The molecular weight excluding hydrogens is 484 g/mol. The second-order valence-corrected chi connectivity index (χ2v) is 8.00. The number of aliphatic hydroxyl groups is 2. The molecule has 11 heteroatoms. The van der Waals surface area contributed by atoms with Gasteiger partial charge in [0.2, 0.25) is 0 Å². The van der Waals surface area contributed by atoms with Gasteiger partial charge < -0.3 is 15.5 Å². The summed E-state index contributed by atoms with van der Waals surface area (Å²) in [7, 11) is 1.71. The van der Waals surface area contributed by atoms with E-state index < -0.39 is 23.8 Å². The van der Waals surface area contributed by atoms with Gasteiger partial charge in [-0.3, -0.25) is 4.68 Å². The predicted octanol–water partition coefficient (Wildman–Crippen LogP) is 2.62. The van der Waals surface area contributed by atoms with Crippen LogP contribution in [-0.4, -0.2) is 42.3 Å². The Kier molecular flexibility index (Phi) is 7.42. The molecule has 0 radical (unpaired) electrons. The van der Waals surface area contributed by atoms with E-state index >= 15 is 0 Å². The fourth-order valence-electron chi connectivity index (χ4n) is 2.47. The number of rotatable bonds is 8. The lowest BCUT2D eigenvalue weighted by Gasteiger charge is -2.21. The van der Waals surface area contributed by atoms with Crippen LogP contribution in [0, 0.1) is 0 Å². The number of aliphatic hydroxyl groups excluding tert-OH is 2. The Morgan fingerprint density at radius 2 is 2.12 bits per heavy atom. The molecule has 2 rings (SSSR count). The maximum absolute atomic E-state index is 13.1. The number of alkyl halides is 4. The summed E-state index contributed by atoms with van der Waals surface area (Å²) in [4.78, 5) is -0.433. The smallest absolute Gasteiger partial charge is 0.393 e. The van der Waals surface area contributed by atoms with Crippen molar-refractivity contribution in [2.24, 2.45) is 7.05 Å². The van der Waals surface area contributed by atoms with Crippen LogP contribution >= 0.6 is 33.9 Å². The van der Waals surface area contributed by atoms with Gasteiger partial charge in [-0.1, -0.05) is 27.8 Å². The lowest BCUT2D eigenvalue weighted by molar-refractivity contribution is -0.134. The molecule has 0 bridgehead atoms. The van der Waals surface area contributed by atoms with E-state index in [0.29, 0.717) is 21.9 Å². The minimum Gasteiger partial charge on any atom is -0.393 e. The van der Waals surface area contributed by atoms with Crippen molar-refractivity contribution in [3.8, 4) is 0 Å². The molecule has 2 aromatic rings. The van der Waals surface area contributed by atoms with Gasteiger partial charge in [0.25, 0.3) is 0 Å². The van der Waals surface area contributed by atoms with Crippen LogP contribution in [0.3, 0.4) is 0 Å². The van der Waals surface area contributed by atoms with E-state index in [2.05, 4.69) is 38.2 Å². The van der Waals surface area contributed by atoms with Gasteiger partial charge in [0.15, 0.2) is 0 Å². The summed E-state index contributed by atoms with van der Waals surface area (Å²) in [6.45, 7) is 1.32. The minimum absolute atomic E-state index is 0.0997. The third-order valence-electron chi connectivity index (χ3n) is 3.74. The van der Waals surface area contributed by atoms with Crippen LogP contribution in [0.1, 0.15) is 40.1 Å². The Labute approximate surface area is 166 Å². The second-order valence-electron chi connectivity index (χ2n) is 5.98. The largest absolute Gasteiger partial charge is 0.425 e. The fraction of sp³-hybridized carbons (Fsp3) is 0.600. The average Bonchev–Trinajstić information content (AvgIpc) is 3.19. The number of nitrogens with zero attached hydrogens (tertiary/aromatic N) is 3. The number of aryl methyl sites for hydroxylation is 1. The summed E-state index contributed by atoms with van der Waals surface area (Å²) in [5, 5.41) is 30.4. The zero-order valence-electron chi connectivity index (χ0n) is 14.2. The van der Waals surface area contributed by atoms with Crippen molar-refractivity contribution < 1.29 is 23.4 Å². The van der Waals surface area contributed by atoms with Crippen molar-refractivity contribution in [1.29, 1.82) is 0 Å². The molecule has 0 aliphatic heterocycles. The van der Waals surface area contributed by atoms with Crippen molar-refractivity contribution >= 4 is 33.9 Å². The molecule has 0 aromatic carbocycles. The van der Waals surface area contributed by atoms with Crippen LogP contribution < -0.4 is 5.32 Å². The van der Waals surface area contributed by atoms with Gasteiger partial charge in [-0.15, -0.1) is 16.4 Å². The van der Waals surface area contributed by atoms with Gasteiger partial charge in [-0.25, -0.2) is 0 Å². The topological polar surface area (TPSA) is 83.2 Å². The van der Waals surface area contributed by atoms with Crippen molar-refractivity contribution in [2.45, 2.75) is 37.7 Å². The van der Waals surface area contributed by atoms with E-state index in [1.54, 1.807) is 13.2 Å². The maximum atomic E-state index is 13.1. The average molecular weight is 504 g/mol. The number of aromatic nitrogens is 3. The normalized spacial score (nSPS) is 15.8. The quantitative estimate of drug-likeness (QED) is 0.381. The second kappa shape index (κ2) is 8.95. The molecule has 3 N–H and O–H groups in total. The molecule has 146 valence electrons.